The molecule has 0 saturated carbocycles. The Hall–Kier alpha value is -1.66. The summed E-state index contributed by atoms with van der Waals surface area (Å²) in [5, 5.41) is 23.0. The van der Waals surface area contributed by atoms with Gasteiger partial charge in [0, 0.05) is 12.8 Å². The molecule has 0 radical (unpaired) electrons. The van der Waals surface area contributed by atoms with E-state index >= 15 is 0 Å². The number of hydrogen-bond acceptors (Lipinski definition) is 5. The summed E-state index contributed by atoms with van der Waals surface area (Å²) in [6.07, 6.45) is 64.9. The molecule has 0 aromatic heterocycles. The molecule has 0 aliphatic heterocycles. The van der Waals surface area contributed by atoms with Gasteiger partial charge in [-0.05, 0) is 57.8 Å². The molecule has 0 fully saturated rings. The fraction of sp³-hybridized carbons (Fsp3) is 0.897. The number of nitrogens with one attached hydrogen (secondary N) is 1. The number of carbonyl (C=O) groups is 2. The number of amides is 1. The van der Waals surface area contributed by atoms with Crippen molar-refractivity contribution in [2.24, 2.45) is 0 Å². The first-order valence-corrected chi connectivity index (χ1v) is 28.6. The van der Waals surface area contributed by atoms with Crippen LogP contribution < -0.4 is 5.32 Å². The molecule has 0 aliphatic carbocycles. The number of hydrogen-bond donors (Lipinski definition) is 3. The second kappa shape index (κ2) is 54.0. The zero-order valence-corrected chi connectivity index (χ0v) is 43.0. The predicted molar refractivity (Wildman–Crippen MR) is 278 cm³/mol. The van der Waals surface area contributed by atoms with Crippen molar-refractivity contribution < 1.29 is 24.5 Å². The number of carbonyl (C=O) groups excluding carboxylic acids is 2. The van der Waals surface area contributed by atoms with Crippen molar-refractivity contribution in [3.05, 3.63) is 24.3 Å². The number of ether oxygens (including phenoxy) is 1. The molecule has 0 spiro atoms. The molecular formula is C58H111NO5. The maximum Gasteiger partial charge on any atom is 0.305 e. The van der Waals surface area contributed by atoms with Gasteiger partial charge < -0.3 is 20.3 Å². The Balaban J connectivity index is 3.40. The van der Waals surface area contributed by atoms with Crippen LogP contribution in [-0.2, 0) is 14.3 Å². The zero-order valence-electron chi connectivity index (χ0n) is 43.0. The summed E-state index contributed by atoms with van der Waals surface area (Å²) in [4.78, 5) is 24.4. The van der Waals surface area contributed by atoms with Gasteiger partial charge in [-0.2, -0.15) is 0 Å². The van der Waals surface area contributed by atoms with Gasteiger partial charge in [-0.25, -0.2) is 0 Å². The van der Waals surface area contributed by atoms with Crippen LogP contribution in [0.1, 0.15) is 309 Å². The molecule has 0 heterocycles. The quantitative estimate of drug-likeness (QED) is 0.0321. The Morgan fingerprint density at radius 2 is 0.734 bits per heavy atom. The number of aliphatic hydroxyl groups excluding tert-OH is 2. The average molecular weight is 903 g/mol. The van der Waals surface area contributed by atoms with E-state index in [0.717, 1.165) is 44.9 Å². The van der Waals surface area contributed by atoms with Gasteiger partial charge in [-0.3, -0.25) is 9.59 Å². The summed E-state index contributed by atoms with van der Waals surface area (Å²) >= 11 is 0. The Morgan fingerprint density at radius 1 is 0.422 bits per heavy atom. The highest BCUT2D eigenvalue weighted by Crippen LogP contribution is 2.16. The third-order valence-electron chi connectivity index (χ3n) is 13.2. The lowest BCUT2D eigenvalue weighted by Crippen LogP contribution is -2.45. The predicted octanol–water partition coefficient (Wildman–Crippen LogP) is 17.5. The molecule has 2 atom stereocenters. The molecule has 6 heteroatoms. The molecular weight excluding hydrogens is 791 g/mol. The highest BCUT2D eigenvalue weighted by molar-refractivity contribution is 5.76. The summed E-state index contributed by atoms with van der Waals surface area (Å²) in [5.41, 5.74) is 0. The monoisotopic (exact) mass is 902 g/mol. The maximum absolute atomic E-state index is 12.4. The third-order valence-corrected chi connectivity index (χ3v) is 13.2. The van der Waals surface area contributed by atoms with Crippen molar-refractivity contribution in [3.8, 4) is 0 Å². The Kier molecular flexibility index (Phi) is 52.6. The SMILES string of the molecule is CCCCCCCCCC/C=C/C(O)C(CO)NC(=O)CCCCCCCCC/C=C\CCCCCCCCCCCCOC(=O)CCCCCCCCCCCCCCCCCC. The number of aliphatic hydroxyl groups is 2. The van der Waals surface area contributed by atoms with Crippen molar-refractivity contribution in [1.29, 1.82) is 0 Å². The van der Waals surface area contributed by atoms with Gasteiger partial charge in [0.2, 0.25) is 5.91 Å². The molecule has 0 bridgehead atoms. The number of unbranched alkanes of at least 4 members (excludes halogenated alkanes) is 40. The molecule has 0 rings (SSSR count). The minimum absolute atomic E-state index is 0.0109. The topological polar surface area (TPSA) is 95.9 Å². The Morgan fingerprint density at radius 3 is 1.11 bits per heavy atom. The molecule has 2 unspecified atom stereocenters. The molecule has 3 N–H and O–H groups in total. The van der Waals surface area contributed by atoms with Crippen molar-refractivity contribution in [3.63, 3.8) is 0 Å². The molecule has 6 nitrogen and oxygen atoms in total. The van der Waals surface area contributed by atoms with E-state index in [-0.39, 0.29) is 18.5 Å². The standard InChI is InChI=1S/C58H111NO5/c1-3-5-7-9-11-13-15-16-17-26-29-32-36-40-44-48-52-58(63)64-53-49-45-41-37-33-30-27-24-22-20-18-19-21-23-25-28-31-35-39-43-47-51-57(62)59-55(54-60)56(61)50-46-42-38-34-14-12-10-8-6-4-2/h19,21,46,50,55-56,60-61H,3-18,20,22-45,47-49,51-54H2,1-2H3,(H,59,62)/b21-19-,50-46+. The molecule has 1 amide bonds. The van der Waals surface area contributed by atoms with Crippen LogP contribution in [0, 0.1) is 0 Å². The van der Waals surface area contributed by atoms with Gasteiger partial charge in [0.25, 0.3) is 0 Å². The van der Waals surface area contributed by atoms with E-state index < -0.39 is 12.1 Å². The van der Waals surface area contributed by atoms with Crippen molar-refractivity contribution in [1.82, 2.24) is 5.32 Å². The lowest BCUT2D eigenvalue weighted by molar-refractivity contribution is -0.143. The molecule has 0 aliphatic rings. The van der Waals surface area contributed by atoms with Crippen molar-refractivity contribution >= 4 is 11.9 Å². The molecule has 378 valence electrons. The number of allylic oxidation sites excluding steroid dienone is 3. The highest BCUT2D eigenvalue weighted by Gasteiger charge is 2.18. The summed E-state index contributed by atoms with van der Waals surface area (Å²) in [7, 11) is 0. The van der Waals surface area contributed by atoms with Gasteiger partial charge in [0.15, 0.2) is 0 Å². The Labute approximate surface area is 399 Å². The van der Waals surface area contributed by atoms with Crippen molar-refractivity contribution in [2.75, 3.05) is 13.2 Å². The van der Waals surface area contributed by atoms with Crippen LogP contribution in [0.2, 0.25) is 0 Å². The summed E-state index contributed by atoms with van der Waals surface area (Å²) in [6, 6.07) is -0.631. The summed E-state index contributed by atoms with van der Waals surface area (Å²) < 4.78 is 5.48. The number of esters is 1. The minimum atomic E-state index is -0.847. The van der Waals surface area contributed by atoms with Crippen LogP contribution in [0.15, 0.2) is 24.3 Å². The van der Waals surface area contributed by atoms with E-state index in [9.17, 15) is 19.8 Å². The molecule has 0 aromatic rings. The minimum Gasteiger partial charge on any atom is -0.466 e. The summed E-state index contributed by atoms with van der Waals surface area (Å²) in [6.45, 7) is 4.89. The normalized spacial score (nSPS) is 12.8. The second-order valence-corrected chi connectivity index (χ2v) is 19.6. The second-order valence-electron chi connectivity index (χ2n) is 19.6. The van der Waals surface area contributed by atoms with E-state index in [1.54, 1.807) is 6.08 Å². The first kappa shape index (κ1) is 62.3. The van der Waals surface area contributed by atoms with E-state index in [2.05, 4.69) is 31.3 Å². The van der Waals surface area contributed by atoms with Crippen molar-refractivity contribution in [2.45, 2.75) is 321 Å². The highest BCUT2D eigenvalue weighted by atomic mass is 16.5. The van der Waals surface area contributed by atoms with E-state index in [0.29, 0.717) is 19.4 Å². The average Bonchev–Trinajstić information content (AvgIpc) is 3.29. The van der Waals surface area contributed by atoms with Gasteiger partial charge in [-0.15, -0.1) is 0 Å². The summed E-state index contributed by atoms with van der Waals surface area (Å²) in [5.74, 6) is -0.0665. The fourth-order valence-corrected chi connectivity index (χ4v) is 8.81. The first-order valence-electron chi connectivity index (χ1n) is 28.6. The molecule has 0 aromatic carbocycles. The van der Waals surface area contributed by atoms with E-state index in [4.69, 9.17) is 4.74 Å². The lowest BCUT2D eigenvalue weighted by atomic mass is 10.0. The fourth-order valence-electron chi connectivity index (χ4n) is 8.81. The lowest BCUT2D eigenvalue weighted by Gasteiger charge is -2.20. The van der Waals surface area contributed by atoms with Crippen LogP contribution in [0.25, 0.3) is 0 Å². The van der Waals surface area contributed by atoms with Crippen LogP contribution in [-0.4, -0.2) is 47.4 Å². The van der Waals surface area contributed by atoms with Crippen LogP contribution in [0.3, 0.4) is 0 Å². The van der Waals surface area contributed by atoms with E-state index in [1.807, 2.05) is 6.08 Å². The van der Waals surface area contributed by atoms with Crippen LogP contribution >= 0.6 is 0 Å². The molecule has 64 heavy (non-hydrogen) atoms. The Bertz CT molecular complexity index is 997. The van der Waals surface area contributed by atoms with Gasteiger partial charge in [0.1, 0.15) is 0 Å². The maximum atomic E-state index is 12.4. The largest absolute Gasteiger partial charge is 0.466 e. The smallest absolute Gasteiger partial charge is 0.305 e. The van der Waals surface area contributed by atoms with Gasteiger partial charge in [0.05, 0.1) is 25.4 Å². The third kappa shape index (κ3) is 49.8. The zero-order chi connectivity index (χ0) is 46.5. The van der Waals surface area contributed by atoms with Crippen LogP contribution in [0.4, 0.5) is 0 Å². The van der Waals surface area contributed by atoms with Crippen LogP contribution in [0.5, 0.6) is 0 Å². The first-order chi connectivity index (χ1) is 31.5. The van der Waals surface area contributed by atoms with E-state index in [1.165, 1.54) is 238 Å². The number of rotatable bonds is 53. The molecule has 0 saturated heterocycles. The van der Waals surface area contributed by atoms with Gasteiger partial charge in [-0.1, -0.05) is 263 Å². The van der Waals surface area contributed by atoms with Gasteiger partial charge >= 0.3 is 5.97 Å².